The van der Waals surface area contributed by atoms with Crippen molar-refractivity contribution in [2.24, 2.45) is 0 Å². The molecule has 1 fully saturated rings. The molecule has 4 heterocycles. The van der Waals surface area contributed by atoms with Crippen LogP contribution >= 0.6 is 11.3 Å². The minimum atomic E-state index is -0.152. The van der Waals surface area contributed by atoms with Gasteiger partial charge in [0.05, 0.1) is 17.2 Å². The number of hydrogen-bond donors (Lipinski definition) is 1. The zero-order valence-electron chi connectivity index (χ0n) is 18.9. The molecule has 0 saturated carbocycles. The number of aromatic hydroxyl groups is 1. The molecule has 3 aromatic heterocycles. The van der Waals surface area contributed by atoms with E-state index in [4.69, 9.17) is 4.42 Å². The highest BCUT2D eigenvalue weighted by Crippen LogP contribution is 2.40. The monoisotopic (exact) mass is 465 g/mol. The van der Waals surface area contributed by atoms with Crippen LogP contribution in [0.25, 0.3) is 4.96 Å². The first-order valence-electron chi connectivity index (χ1n) is 11.1. The smallest absolute Gasteiger partial charge is 0.289 e. The molecular formula is C24H27N5O3S. The number of benzene rings is 1. The lowest BCUT2D eigenvalue weighted by Gasteiger charge is -2.39. The van der Waals surface area contributed by atoms with Crippen molar-refractivity contribution in [1.82, 2.24) is 24.4 Å². The lowest BCUT2D eigenvalue weighted by Crippen LogP contribution is -2.49. The Hall–Kier alpha value is -3.17. The number of aryl methyl sites for hydroxylation is 1. The van der Waals surface area contributed by atoms with Crippen molar-refractivity contribution in [3.05, 3.63) is 70.3 Å². The Balaban J connectivity index is 1.46. The summed E-state index contributed by atoms with van der Waals surface area (Å²) in [6.07, 6.45) is 1.52. The maximum Gasteiger partial charge on any atom is 0.289 e. The van der Waals surface area contributed by atoms with E-state index < -0.39 is 0 Å². The quantitative estimate of drug-likeness (QED) is 0.478. The number of thiazole rings is 1. The molecule has 1 aliphatic heterocycles. The predicted molar refractivity (Wildman–Crippen MR) is 126 cm³/mol. The Labute approximate surface area is 196 Å². The van der Waals surface area contributed by atoms with Crippen molar-refractivity contribution in [3.63, 3.8) is 0 Å². The van der Waals surface area contributed by atoms with Crippen molar-refractivity contribution in [2.75, 3.05) is 26.2 Å². The van der Waals surface area contributed by atoms with E-state index >= 15 is 0 Å². The van der Waals surface area contributed by atoms with E-state index in [9.17, 15) is 9.90 Å². The number of piperazine rings is 1. The van der Waals surface area contributed by atoms with Crippen LogP contribution in [-0.4, -0.2) is 61.6 Å². The third kappa shape index (κ3) is 4.02. The standard InChI is InChI=1S/C24H27N5O3S/c1-15(2)17-6-8-18(9-7-17)20(21-23(31)29-24(33-21)25-16(3)26-29)27-10-12-28(13-11-27)22(30)19-5-4-14-32-19/h4-9,14-15,20,31H,10-13H2,1-3H3/t20-/m0/s1. The highest BCUT2D eigenvalue weighted by Gasteiger charge is 2.33. The van der Waals surface area contributed by atoms with Crippen LogP contribution in [0.3, 0.4) is 0 Å². The summed E-state index contributed by atoms with van der Waals surface area (Å²) in [5.74, 6) is 1.48. The second-order valence-electron chi connectivity index (χ2n) is 8.67. The van der Waals surface area contributed by atoms with E-state index in [1.54, 1.807) is 12.1 Å². The Morgan fingerprint density at radius 2 is 1.79 bits per heavy atom. The van der Waals surface area contributed by atoms with Gasteiger partial charge in [-0.25, -0.2) is 4.98 Å². The normalized spacial score (nSPS) is 16.1. The molecule has 1 amide bonds. The highest BCUT2D eigenvalue weighted by molar-refractivity contribution is 7.17. The number of fused-ring (bicyclic) bond motifs is 1. The zero-order chi connectivity index (χ0) is 23.1. The van der Waals surface area contributed by atoms with Gasteiger partial charge in [-0.15, -0.1) is 5.10 Å². The highest BCUT2D eigenvalue weighted by atomic mass is 32.1. The van der Waals surface area contributed by atoms with E-state index in [0.29, 0.717) is 48.6 Å². The van der Waals surface area contributed by atoms with Gasteiger partial charge in [-0.2, -0.15) is 4.52 Å². The van der Waals surface area contributed by atoms with E-state index in [2.05, 4.69) is 53.1 Å². The summed E-state index contributed by atoms with van der Waals surface area (Å²) in [6.45, 7) is 8.69. The van der Waals surface area contributed by atoms with Crippen molar-refractivity contribution in [3.8, 4) is 5.88 Å². The van der Waals surface area contributed by atoms with Crippen LogP contribution in [-0.2, 0) is 0 Å². The van der Waals surface area contributed by atoms with Crippen LogP contribution in [0.5, 0.6) is 5.88 Å². The summed E-state index contributed by atoms with van der Waals surface area (Å²) in [6, 6.07) is 11.9. The summed E-state index contributed by atoms with van der Waals surface area (Å²) in [5, 5.41) is 15.4. The maximum atomic E-state index is 12.7. The average molecular weight is 466 g/mol. The van der Waals surface area contributed by atoms with Crippen molar-refractivity contribution < 1.29 is 14.3 Å². The summed E-state index contributed by atoms with van der Waals surface area (Å²) in [5.41, 5.74) is 2.37. The van der Waals surface area contributed by atoms with Gasteiger partial charge in [0.2, 0.25) is 10.8 Å². The molecule has 0 aliphatic carbocycles. The van der Waals surface area contributed by atoms with Crippen LogP contribution in [0.1, 0.15) is 58.2 Å². The van der Waals surface area contributed by atoms with Crippen molar-refractivity contribution in [1.29, 1.82) is 0 Å². The molecule has 1 saturated heterocycles. The lowest BCUT2D eigenvalue weighted by molar-refractivity contribution is 0.0568. The fourth-order valence-corrected chi connectivity index (χ4v) is 5.52. The van der Waals surface area contributed by atoms with E-state index in [-0.39, 0.29) is 17.8 Å². The summed E-state index contributed by atoms with van der Waals surface area (Å²) in [4.78, 5) is 22.8. The molecule has 0 bridgehead atoms. The van der Waals surface area contributed by atoms with Crippen LogP contribution in [0.15, 0.2) is 47.1 Å². The number of carbonyl (C=O) groups is 1. The number of aromatic nitrogens is 3. The molecule has 0 radical (unpaired) electrons. The molecule has 172 valence electrons. The second-order valence-corrected chi connectivity index (χ2v) is 9.68. The third-order valence-electron chi connectivity index (χ3n) is 6.17. The Kier molecular flexibility index (Phi) is 5.67. The van der Waals surface area contributed by atoms with Gasteiger partial charge in [0, 0.05) is 26.2 Å². The van der Waals surface area contributed by atoms with Crippen LogP contribution in [0, 0.1) is 6.92 Å². The van der Waals surface area contributed by atoms with Gasteiger partial charge >= 0.3 is 0 Å². The summed E-state index contributed by atoms with van der Waals surface area (Å²) in [7, 11) is 0. The molecule has 0 spiro atoms. The van der Waals surface area contributed by atoms with Crippen LogP contribution in [0.2, 0.25) is 0 Å². The molecular weight excluding hydrogens is 438 g/mol. The fourth-order valence-electron chi connectivity index (χ4n) is 4.36. The van der Waals surface area contributed by atoms with Gasteiger partial charge in [-0.1, -0.05) is 49.4 Å². The Bertz CT molecular complexity index is 1250. The van der Waals surface area contributed by atoms with Gasteiger partial charge in [-0.3, -0.25) is 9.69 Å². The second kappa shape index (κ2) is 8.64. The number of carbonyl (C=O) groups excluding carboxylic acids is 1. The molecule has 8 nitrogen and oxygen atoms in total. The lowest BCUT2D eigenvalue weighted by atomic mass is 9.97. The van der Waals surface area contributed by atoms with Crippen LogP contribution < -0.4 is 0 Å². The SMILES string of the molecule is Cc1nc2sc([C@H](c3ccc(C(C)C)cc3)N3CCN(C(=O)c4ccco4)CC3)c(O)n2n1. The zero-order valence-corrected chi connectivity index (χ0v) is 19.7. The average Bonchev–Trinajstić information content (AvgIpc) is 3.54. The van der Waals surface area contributed by atoms with Gasteiger partial charge in [0.15, 0.2) is 5.76 Å². The van der Waals surface area contributed by atoms with E-state index in [1.807, 2.05) is 11.8 Å². The summed E-state index contributed by atoms with van der Waals surface area (Å²) < 4.78 is 6.80. The molecule has 33 heavy (non-hydrogen) atoms. The minimum absolute atomic E-state index is 0.0883. The van der Waals surface area contributed by atoms with Gasteiger partial charge in [0.1, 0.15) is 5.82 Å². The Morgan fingerprint density at radius 3 is 2.39 bits per heavy atom. The number of furan rings is 1. The molecule has 1 aromatic carbocycles. The molecule has 1 N–H and O–H groups in total. The molecule has 9 heteroatoms. The van der Waals surface area contributed by atoms with Gasteiger partial charge in [0.25, 0.3) is 5.91 Å². The molecule has 1 aliphatic rings. The van der Waals surface area contributed by atoms with Gasteiger partial charge < -0.3 is 14.4 Å². The predicted octanol–water partition coefficient (Wildman–Crippen LogP) is 4.07. The first-order valence-corrected chi connectivity index (χ1v) is 12.0. The summed E-state index contributed by atoms with van der Waals surface area (Å²) >= 11 is 1.46. The Morgan fingerprint density at radius 1 is 1.09 bits per heavy atom. The third-order valence-corrected chi connectivity index (χ3v) is 7.24. The number of rotatable bonds is 5. The fraction of sp³-hybridized carbons (Fsp3) is 0.375. The first kappa shape index (κ1) is 21.7. The van der Waals surface area contributed by atoms with Crippen molar-refractivity contribution in [2.45, 2.75) is 32.7 Å². The van der Waals surface area contributed by atoms with Crippen LogP contribution in [0.4, 0.5) is 0 Å². The van der Waals surface area contributed by atoms with Gasteiger partial charge in [-0.05, 0) is 36.1 Å². The topological polar surface area (TPSA) is 87.1 Å². The molecule has 0 unspecified atom stereocenters. The molecule has 5 rings (SSSR count). The van der Waals surface area contributed by atoms with E-state index in [1.165, 1.54) is 27.7 Å². The first-order chi connectivity index (χ1) is 15.9. The van der Waals surface area contributed by atoms with E-state index in [0.717, 1.165) is 10.4 Å². The maximum absolute atomic E-state index is 12.7. The largest absolute Gasteiger partial charge is 0.492 e. The minimum Gasteiger partial charge on any atom is -0.492 e. The molecule has 1 atom stereocenters. The number of amides is 1. The molecule has 4 aromatic rings. The number of nitrogens with zero attached hydrogens (tertiary/aromatic N) is 5. The number of hydrogen-bond acceptors (Lipinski definition) is 7. The van der Waals surface area contributed by atoms with Crippen molar-refractivity contribution >= 4 is 22.2 Å².